The van der Waals surface area contributed by atoms with E-state index in [0.717, 1.165) is 5.56 Å². The first-order valence-electron chi connectivity index (χ1n) is 5.77. The molecule has 1 aromatic carbocycles. The monoisotopic (exact) mass is 230 g/mol. The standard InChI is InChI=1S/C14H14O3/c1-9-12(15)11(14(17)13(9)16)8-7-10-5-3-2-4-6-10/h2-6,9,11H,7-8H2,1H3. The van der Waals surface area contributed by atoms with Gasteiger partial charge in [0.25, 0.3) is 0 Å². The maximum Gasteiger partial charge on any atom is 0.209 e. The van der Waals surface area contributed by atoms with Crippen LogP contribution in [-0.4, -0.2) is 17.3 Å². The molecule has 1 fully saturated rings. The summed E-state index contributed by atoms with van der Waals surface area (Å²) in [4.78, 5) is 34.6. The van der Waals surface area contributed by atoms with Gasteiger partial charge in [0.1, 0.15) is 0 Å². The lowest BCUT2D eigenvalue weighted by atomic mass is 9.95. The number of hydrogen-bond acceptors (Lipinski definition) is 3. The van der Waals surface area contributed by atoms with Crippen LogP contribution in [0.4, 0.5) is 0 Å². The quantitative estimate of drug-likeness (QED) is 0.585. The zero-order valence-corrected chi connectivity index (χ0v) is 9.68. The molecule has 0 amide bonds. The van der Waals surface area contributed by atoms with E-state index in [9.17, 15) is 14.4 Å². The zero-order valence-electron chi connectivity index (χ0n) is 9.68. The molecular weight excluding hydrogens is 216 g/mol. The van der Waals surface area contributed by atoms with Crippen LogP contribution >= 0.6 is 0 Å². The molecule has 2 atom stereocenters. The highest BCUT2D eigenvalue weighted by Gasteiger charge is 2.45. The van der Waals surface area contributed by atoms with Crippen molar-refractivity contribution < 1.29 is 14.4 Å². The van der Waals surface area contributed by atoms with Gasteiger partial charge in [-0.15, -0.1) is 0 Å². The van der Waals surface area contributed by atoms with Crippen molar-refractivity contribution in [3.05, 3.63) is 35.9 Å². The van der Waals surface area contributed by atoms with Crippen LogP contribution in [0.15, 0.2) is 30.3 Å². The van der Waals surface area contributed by atoms with Crippen LogP contribution in [0.2, 0.25) is 0 Å². The van der Waals surface area contributed by atoms with Crippen LogP contribution < -0.4 is 0 Å². The van der Waals surface area contributed by atoms with Gasteiger partial charge in [0.15, 0.2) is 5.78 Å². The number of ketones is 3. The molecule has 0 heterocycles. The maximum atomic E-state index is 11.7. The van der Waals surface area contributed by atoms with Crippen LogP contribution in [0.1, 0.15) is 18.9 Å². The van der Waals surface area contributed by atoms with Crippen molar-refractivity contribution in [3.8, 4) is 0 Å². The third-order valence-electron chi connectivity index (χ3n) is 3.29. The highest BCUT2D eigenvalue weighted by molar-refractivity contribution is 6.50. The summed E-state index contributed by atoms with van der Waals surface area (Å²) in [6.45, 7) is 1.52. The molecule has 0 N–H and O–H groups in total. The van der Waals surface area contributed by atoms with E-state index in [1.807, 2.05) is 30.3 Å². The molecule has 0 saturated heterocycles. The third kappa shape index (κ3) is 2.18. The highest BCUT2D eigenvalue weighted by atomic mass is 16.2. The van der Waals surface area contributed by atoms with E-state index in [0.29, 0.717) is 12.8 Å². The molecule has 0 bridgehead atoms. The molecule has 2 unspecified atom stereocenters. The molecule has 1 aromatic rings. The fourth-order valence-corrected chi connectivity index (χ4v) is 2.17. The molecule has 3 nitrogen and oxygen atoms in total. The number of carbonyl (C=O) groups excluding carboxylic acids is 3. The molecule has 1 aliphatic carbocycles. The number of hydrogen-bond donors (Lipinski definition) is 0. The zero-order chi connectivity index (χ0) is 12.4. The second-order valence-corrected chi connectivity index (χ2v) is 4.43. The van der Waals surface area contributed by atoms with E-state index in [1.165, 1.54) is 6.92 Å². The summed E-state index contributed by atoms with van der Waals surface area (Å²) in [7, 11) is 0. The van der Waals surface area contributed by atoms with Gasteiger partial charge in [-0.1, -0.05) is 30.3 Å². The normalized spacial score (nSPS) is 24.4. The molecule has 0 spiro atoms. The Morgan fingerprint density at radius 1 is 1.00 bits per heavy atom. The van der Waals surface area contributed by atoms with E-state index in [2.05, 4.69) is 0 Å². The lowest BCUT2D eigenvalue weighted by molar-refractivity contribution is -0.137. The maximum absolute atomic E-state index is 11.7. The Hall–Kier alpha value is -1.77. The first kappa shape index (κ1) is 11.7. The van der Waals surface area contributed by atoms with Crippen LogP contribution in [0, 0.1) is 11.8 Å². The third-order valence-corrected chi connectivity index (χ3v) is 3.29. The van der Waals surface area contributed by atoms with Gasteiger partial charge in [-0.3, -0.25) is 14.4 Å². The van der Waals surface area contributed by atoms with E-state index in [-0.39, 0.29) is 5.78 Å². The van der Waals surface area contributed by atoms with Crippen LogP contribution in [0.3, 0.4) is 0 Å². The lowest BCUT2D eigenvalue weighted by Crippen LogP contribution is -2.17. The minimum Gasteiger partial charge on any atom is -0.298 e. The molecule has 3 heteroatoms. The lowest BCUT2D eigenvalue weighted by Gasteiger charge is -2.06. The fraction of sp³-hybridized carbons (Fsp3) is 0.357. The van der Waals surface area contributed by atoms with Gasteiger partial charge < -0.3 is 0 Å². The Morgan fingerprint density at radius 2 is 1.65 bits per heavy atom. The minimum absolute atomic E-state index is 0.212. The van der Waals surface area contributed by atoms with E-state index >= 15 is 0 Å². The minimum atomic E-state index is -0.733. The van der Waals surface area contributed by atoms with Gasteiger partial charge in [-0.25, -0.2) is 0 Å². The van der Waals surface area contributed by atoms with E-state index < -0.39 is 23.4 Å². The SMILES string of the molecule is CC1C(=O)C(=O)C(CCc2ccccc2)C1=O. The van der Waals surface area contributed by atoms with Crippen LogP contribution in [-0.2, 0) is 20.8 Å². The average molecular weight is 230 g/mol. The summed E-state index contributed by atoms with van der Waals surface area (Å²) < 4.78 is 0. The second-order valence-electron chi connectivity index (χ2n) is 4.43. The first-order valence-corrected chi connectivity index (χ1v) is 5.77. The van der Waals surface area contributed by atoms with Crippen LogP contribution in [0.5, 0.6) is 0 Å². The number of rotatable bonds is 3. The molecule has 17 heavy (non-hydrogen) atoms. The topological polar surface area (TPSA) is 51.2 Å². The largest absolute Gasteiger partial charge is 0.298 e. The number of benzene rings is 1. The molecule has 88 valence electrons. The van der Waals surface area contributed by atoms with Crippen molar-refractivity contribution in [2.45, 2.75) is 19.8 Å². The number of Topliss-reactive ketones (excluding diaryl/α,β-unsaturated/α-hetero) is 3. The second kappa shape index (κ2) is 4.62. The first-order chi connectivity index (χ1) is 8.11. The van der Waals surface area contributed by atoms with Crippen molar-refractivity contribution in [2.24, 2.45) is 11.8 Å². The molecule has 0 radical (unpaired) electrons. The van der Waals surface area contributed by atoms with Crippen molar-refractivity contribution in [1.29, 1.82) is 0 Å². The summed E-state index contributed by atoms with van der Waals surface area (Å²) in [5.41, 5.74) is 1.08. The smallest absolute Gasteiger partial charge is 0.209 e. The summed E-state index contributed by atoms with van der Waals surface area (Å²) in [5, 5.41) is 0. The summed E-state index contributed by atoms with van der Waals surface area (Å²) >= 11 is 0. The van der Waals surface area contributed by atoms with Gasteiger partial charge in [0.05, 0.1) is 11.8 Å². The number of carbonyl (C=O) groups is 3. The summed E-state index contributed by atoms with van der Waals surface area (Å²) in [6.07, 6.45) is 1.10. The fourth-order valence-electron chi connectivity index (χ4n) is 2.17. The van der Waals surface area contributed by atoms with Gasteiger partial charge in [-0.05, 0) is 25.3 Å². The highest BCUT2D eigenvalue weighted by Crippen LogP contribution is 2.24. The van der Waals surface area contributed by atoms with Gasteiger partial charge in [-0.2, -0.15) is 0 Å². The van der Waals surface area contributed by atoms with Gasteiger partial charge >= 0.3 is 0 Å². The van der Waals surface area contributed by atoms with Gasteiger partial charge in [0.2, 0.25) is 11.6 Å². The van der Waals surface area contributed by atoms with Crippen LogP contribution in [0.25, 0.3) is 0 Å². The molecule has 1 aliphatic rings. The molecule has 1 saturated carbocycles. The molecule has 0 aromatic heterocycles. The molecular formula is C14H14O3. The Balaban J connectivity index is 2.03. The van der Waals surface area contributed by atoms with Crippen molar-refractivity contribution in [1.82, 2.24) is 0 Å². The van der Waals surface area contributed by atoms with E-state index in [4.69, 9.17) is 0 Å². The van der Waals surface area contributed by atoms with Crippen molar-refractivity contribution in [2.75, 3.05) is 0 Å². The average Bonchev–Trinajstić information content (AvgIpc) is 2.54. The Morgan fingerprint density at radius 3 is 2.18 bits per heavy atom. The predicted octanol–water partition coefficient (Wildman–Crippen LogP) is 1.59. The van der Waals surface area contributed by atoms with Crippen molar-refractivity contribution >= 4 is 17.3 Å². The van der Waals surface area contributed by atoms with Crippen molar-refractivity contribution in [3.63, 3.8) is 0 Å². The Labute approximate surface area is 99.8 Å². The Bertz CT molecular complexity index is 462. The predicted molar refractivity (Wildman–Crippen MR) is 62.4 cm³/mol. The molecule has 0 aliphatic heterocycles. The Kier molecular flexibility index (Phi) is 3.18. The summed E-state index contributed by atoms with van der Waals surface area (Å²) in [6, 6.07) is 9.66. The summed E-state index contributed by atoms with van der Waals surface area (Å²) in [5.74, 6) is -2.68. The number of aryl methyl sites for hydroxylation is 1. The van der Waals surface area contributed by atoms with Gasteiger partial charge in [0, 0.05) is 0 Å². The molecule has 2 rings (SSSR count). The van der Waals surface area contributed by atoms with E-state index in [1.54, 1.807) is 0 Å².